The molecule has 0 aliphatic carbocycles. The Bertz CT molecular complexity index is 902. The van der Waals surface area contributed by atoms with E-state index < -0.39 is 18.0 Å². The van der Waals surface area contributed by atoms with Gasteiger partial charge in [-0.05, 0) is 43.2 Å². The number of anilines is 1. The van der Waals surface area contributed by atoms with E-state index in [1.54, 1.807) is 42.6 Å². The third-order valence-electron chi connectivity index (χ3n) is 4.03. The number of carbonyl (C=O) groups excluding carboxylic acids is 2. The molecule has 1 aromatic heterocycles. The summed E-state index contributed by atoms with van der Waals surface area (Å²) in [5.74, 6) is -0.982. The molecule has 0 aliphatic rings. The Morgan fingerprint density at radius 3 is 2.46 bits per heavy atom. The van der Waals surface area contributed by atoms with Crippen molar-refractivity contribution in [1.29, 1.82) is 0 Å². The number of carbonyl (C=O) groups is 2. The predicted molar refractivity (Wildman–Crippen MR) is 99.9 cm³/mol. The van der Waals surface area contributed by atoms with Gasteiger partial charge in [-0.2, -0.15) is 0 Å². The van der Waals surface area contributed by atoms with Crippen molar-refractivity contribution in [3.63, 3.8) is 0 Å². The van der Waals surface area contributed by atoms with Crippen molar-refractivity contribution in [1.82, 2.24) is 4.98 Å². The number of ether oxygens (including phenoxy) is 1. The quantitative estimate of drug-likeness (QED) is 0.680. The molecule has 5 nitrogen and oxygen atoms in total. The number of aromatic nitrogens is 1. The summed E-state index contributed by atoms with van der Waals surface area (Å²) in [5.41, 5.74) is 3.57. The Morgan fingerprint density at radius 1 is 1.00 bits per heavy atom. The first-order chi connectivity index (χ1) is 12.5. The first kappa shape index (κ1) is 17.5. The zero-order valence-corrected chi connectivity index (χ0v) is 14.7. The summed E-state index contributed by atoms with van der Waals surface area (Å²) < 4.78 is 5.50. The molecular weight excluding hydrogens is 328 g/mol. The zero-order chi connectivity index (χ0) is 18.5. The van der Waals surface area contributed by atoms with Crippen molar-refractivity contribution >= 4 is 17.6 Å². The fraction of sp³-hybridized carbons (Fsp3) is 0.143. The van der Waals surface area contributed by atoms with E-state index in [1.807, 2.05) is 38.1 Å². The van der Waals surface area contributed by atoms with Crippen LogP contribution in [0.25, 0.3) is 0 Å². The molecule has 132 valence electrons. The van der Waals surface area contributed by atoms with Gasteiger partial charge in [0.05, 0.1) is 0 Å². The lowest BCUT2D eigenvalue weighted by molar-refractivity contribution is -0.125. The van der Waals surface area contributed by atoms with Crippen LogP contribution in [0, 0.1) is 13.8 Å². The Morgan fingerprint density at radius 2 is 1.77 bits per heavy atom. The van der Waals surface area contributed by atoms with Gasteiger partial charge < -0.3 is 15.0 Å². The average molecular weight is 348 g/mol. The number of aromatic amines is 1. The minimum Gasteiger partial charge on any atom is -0.443 e. The Balaban J connectivity index is 1.86. The molecule has 0 saturated carbocycles. The van der Waals surface area contributed by atoms with Crippen LogP contribution in [0.3, 0.4) is 0 Å². The van der Waals surface area contributed by atoms with E-state index in [-0.39, 0.29) is 0 Å². The van der Waals surface area contributed by atoms with E-state index in [4.69, 9.17) is 4.74 Å². The molecule has 3 aromatic rings. The van der Waals surface area contributed by atoms with Gasteiger partial charge in [0.1, 0.15) is 5.69 Å². The Hall–Kier alpha value is -3.34. The molecule has 1 atom stereocenters. The molecule has 1 heterocycles. The number of hydrogen-bond acceptors (Lipinski definition) is 3. The summed E-state index contributed by atoms with van der Waals surface area (Å²) in [6.45, 7) is 3.87. The molecule has 0 fully saturated rings. The van der Waals surface area contributed by atoms with Crippen LogP contribution in [0.4, 0.5) is 5.69 Å². The lowest BCUT2D eigenvalue weighted by atomic mass is 10.1. The molecule has 0 unspecified atom stereocenters. The second-order valence-electron chi connectivity index (χ2n) is 6.09. The zero-order valence-electron chi connectivity index (χ0n) is 14.7. The van der Waals surface area contributed by atoms with Crippen LogP contribution < -0.4 is 5.32 Å². The fourth-order valence-corrected chi connectivity index (χ4v) is 2.60. The summed E-state index contributed by atoms with van der Waals surface area (Å²) in [6.07, 6.45) is 0.580. The normalized spacial score (nSPS) is 11.6. The standard InChI is InChI=1S/C21H20N2O3/c1-14-10-11-15(2)18(13-14)23-20(24)19(16-7-4-3-5-8-16)26-21(25)17-9-6-12-22-17/h3-13,19,22H,1-2H3,(H,23,24)/t19-/m1/s1. The van der Waals surface area contributed by atoms with Crippen molar-refractivity contribution in [2.24, 2.45) is 0 Å². The topological polar surface area (TPSA) is 71.2 Å². The monoisotopic (exact) mass is 348 g/mol. The second-order valence-corrected chi connectivity index (χ2v) is 6.09. The highest BCUT2D eigenvalue weighted by atomic mass is 16.5. The lowest BCUT2D eigenvalue weighted by Gasteiger charge is -2.18. The molecule has 26 heavy (non-hydrogen) atoms. The van der Waals surface area contributed by atoms with Crippen LogP contribution in [0.15, 0.2) is 66.9 Å². The van der Waals surface area contributed by atoms with E-state index in [2.05, 4.69) is 10.3 Å². The first-order valence-electron chi connectivity index (χ1n) is 8.32. The van der Waals surface area contributed by atoms with Gasteiger partial charge in [-0.25, -0.2) is 4.79 Å². The molecule has 2 aromatic carbocycles. The molecular formula is C21H20N2O3. The Kier molecular flexibility index (Phi) is 5.17. The van der Waals surface area contributed by atoms with Gasteiger partial charge in [0.15, 0.2) is 0 Å². The number of nitrogens with one attached hydrogen (secondary N) is 2. The highest BCUT2D eigenvalue weighted by Crippen LogP contribution is 2.23. The van der Waals surface area contributed by atoms with Crippen LogP contribution in [-0.2, 0) is 9.53 Å². The van der Waals surface area contributed by atoms with Gasteiger partial charge in [-0.3, -0.25) is 4.79 Å². The number of amides is 1. The van der Waals surface area contributed by atoms with E-state index in [0.29, 0.717) is 16.9 Å². The summed E-state index contributed by atoms with van der Waals surface area (Å²) in [4.78, 5) is 28.0. The summed E-state index contributed by atoms with van der Waals surface area (Å²) in [6, 6.07) is 18.1. The number of esters is 1. The number of hydrogen-bond donors (Lipinski definition) is 2. The number of rotatable bonds is 5. The molecule has 0 aliphatic heterocycles. The fourth-order valence-electron chi connectivity index (χ4n) is 2.60. The van der Waals surface area contributed by atoms with Crippen molar-refractivity contribution in [2.75, 3.05) is 5.32 Å². The van der Waals surface area contributed by atoms with Gasteiger partial charge in [0, 0.05) is 17.4 Å². The summed E-state index contributed by atoms with van der Waals surface area (Å²) >= 11 is 0. The molecule has 1 amide bonds. The smallest absolute Gasteiger partial charge is 0.355 e. The Labute approximate surface area is 152 Å². The maximum atomic E-state index is 12.9. The van der Waals surface area contributed by atoms with Gasteiger partial charge in [0.25, 0.3) is 5.91 Å². The number of H-pyrrole nitrogens is 1. The molecule has 0 spiro atoms. The molecule has 0 saturated heterocycles. The highest BCUT2D eigenvalue weighted by molar-refractivity contribution is 5.98. The third kappa shape index (κ3) is 4.00. The minimum atomic E-state index is -1.05. The highest BCUT2D eigenvalue weighted by Gasteiger charge is 2.26. The average Bonchev–Trinajstić information content (AvgIpc) is 3.18. The molecule has 2 N–H and O–H groups in total. The molecule has 0 bridgehead atoms. The predicted octanol–water partition coefficient (Wildman–Crippen LogP) is 4.17. The van der Waals surface area contributed by atoms with Crippen LogP contribution in [0.2, 0.25) is 0 Å². The van der Waals surface area contributed by atoms with E-state index >= 15 is 0 Å². The van der Waals surface area contributed by atoms with Crippen molar-refractivity contribution < 1.29 is 14.3 Å². The minimum absolute atomic E-state index is 0.297. The lowest BCUT2D eigenvalue weighted by Crippen LogP contribution is -2.26. The maximum absolute atomic E-state index is 12.9. The van der Waals surface area contributed by atoms with Gasteiger partial charge in [0.2, 0.25) is 6.10 Å². The van der Waals surface area contributed by atoms with Gasteiger partial charge in [-0.15, -0.1) is 0 Å². The van der Waals surface area contributed by atoms with Crippen molar-refractivity contribution in [3.05, 3.63) is 89.2 Å². The van der Waals surface area contributed by atoms with Crippen LogP contribution >= 0.6 is 0 Å². The summed E-state index contributed by atoms with van der Waals surface area (Å²) in [5, 5.41) is 2.87. The van der Waals surface area contributed by atoms with E-state index in [1.165, 1.54) is 0 Å². The molecule has 0 radical (unpaired) electrons. The van der Waals surface area contributed by atoms with Gasteiger partial charge in [-0.1, -0.05) is 42.5 Å². The largest absolute Gasteiger partial charge is 0.443 e. The first-order valence-corrected chi connectivity index (χ1v) is 8.32. The third-order valence-corrected chi connectivity index (χ3v) is 4.03. The van der Waals surface area contributed by atoms with Crippen molar-refractivity contribution in [2.45, 2.75) is 20.0 Å². The van der Waals surface area contributed by atoms with E-state index in [9.17, 15) is 9.59 Å². The molecule has 3 rings (SSSR count). The molecule has 5 heteroatoms. The van der Waals surface area contributed by atoms with Crippen LogP contribution in [-0.4, -0.2) is 16.9 Å². The van der Waals surface area contributed by atoms with Crippen molar-refractivity contribution in [3.8, 4) is 0 Å². The maximum Gasteiger partial charge on any atom is 0.355 e. The second kappa shape index (κ2) is 7.70. The van der Waals surface area contributed by atoms with E-state index in [0.717, 1.165) is 11.1 Å². The van der Waals surface area contributed by atoms with Crippen LogP contribution in [0.5, 0.6) is 0 Å². The van der Waals surface area contributed by atoms with Gasteiger partial charge >= 0.3 is 5.97 Å². The number of benzene rings is 2. The SMILES string of the molecule is Cc1ccc(C)c(NC(=O)[C@H](OC(=O)c2ccc[nH]2)c2ccccc2)c1. The number of aryl methyl sites for hydroxylation is 2. The summed E-state index contributed by atoms with van der Waals surface area (Å²) in [7, 11) is 0. The van der Waals surface area contributed by atoms with Crippen LogP contribution in [0.1, 0.15) is 33.3 Å².